The van der Waals surface area contributed by atoms with E-state index in [1.165, 1.54) is 0 Å². The van der Waals surface area contributed by atoms with Gasteiger partial charge in [-0.1, -0.05) is 32.1 Å². The molecular weight excluding hydrogens is 232 g/mol. The first-order valence-corrected chi connectivity index (χ1v) is 6.11. The van der Waals surface area contributed by atoms with E-state index in [0.717, 1.165) is 37.8 Å². The van der Waals surface area contributed by atoms with Gasteiger partial charge in [-0.15, -0.1) is 6.42 Å². The van der Waals surface area contributed by atoms with Crippen LogP contribution in [-0.2, 0) is 19.1 Å². The maximum Gasteiger partial charge on any atom is 0.332 e. The van der Waals surface area contributed by atoms with Crippen LogP contribution in [0.1, 0.15) is 39.5 Å². The number of hydrogen-bond donors (Lipinski definition) is 0. The van der Waals surface area contributed by atoms with E-state index in [0.29, 0.717) is 6.61 Å². The molecule has 0 radical (unpaired) electrons. The average molecular weight is 252 g/mol. The summed E-state index contributed by atoms with van der Waals surface area (Å²) in [6.07, 6.45) is 10.6. The van der Waals surface area contributed by atoms with Gasteiger partial charge in [0.2, 0.25) is 0 Å². The molecule has 0 aromatic carbocycles. The molecule has 18 heavy (non-hydrogen) atoms. The summed E-state index contributed by atoms with van der Waals surface area (Å²) in [6.45, 7) is 4.05. The van der Waals surface area contributed by atoms with Crippen molar-refractivity contribution in [3.05, 3.63) is 12.2 Å². The van der Waals surface area contributed by atoms with Gasteiger partial charge in [-0.3, -0.25) is 0 Å². The summed E-state index contributed by atoms with van der Waals surface area (Å²) in [7, 11) is 0. The van der Waals surface area contributed by atoms with Crippen LogP contribution >= 0.6 is 0 Å². The van der Waals surface area contributed by atoms with Crippen molar-refractivity contribution in [1.29, 1.82) is 0 Å². The van der Waals surface area contributed by atoms with Crippen molar-refractivity contribution >= 4 is 11.9 Å². The van der Waals surface area contributed by atoms with Crippen LogP contribution in [0.15, 0.2) is 12.2 Å². The number of rotatable bonds is 8. The molecule has 0 N–H and O–H groups in total. The van der Waals surface area contributed by atoms with Crippen LogP contribution in [-0.4, -0.2) is 24.6 Å². The molecular formula is C14H20O4. The number of carbonyl (C=O) groups excluding carboxylic acids is 2. The highest BCUT2D eigenvalue weighted by Crippen LogP contribution is 1.99. The first-order chi connectivity index (χ1) is 8.60. The van der Waals surface area contributed by atoms with Crippen LogP contribution in [0.5, 0.6) is 0 Å². The van der Waals surface area contributed by atoms with Crippen molar-refractivity contribution in [2.24, 2.45) is 0 Å². The van der Waals surface area contributed by atoms with Crippen LogP contribution in [0.4, 0.5) is 0 Å². The minimum atomic E-state index is -0.650. The molecule has 100 valence electrons. The van der Waals surface area contributed by atoms with Gasteiger partial charge in [0.1, 0.15) is 0 Å². The van der Waals surface area contributed by atoms with Gasteiger partial charge in [0.15, 0.2) is 6.10 Å². The highest BCUT2D eigenvalue weighted by molar-refractivity contribution is 5.91. The lowest BCUT2D eigenvalue weighted by Crippen LogP contribution is -2.11. The van der Waals surface area contributed by atoms with Crippen LogP contribution < -0.4 is 0 Å². The zero-order valence-corrected chi connectivity index (χ0v) is 11.0. The van der Waals surface area contributed by atoms with Gasteiger partial charge in [-0.2, -0.15) is 0 Å². The van der Waals surface area contributed by atoms with Gasteiger partial charge in [-0.05, 0) is 13.3 Å². The lowest BCUT2D eigenvalue weighted by atomic mass is 10.2. The summed E-state index contributed by atoms with van der Waals surface area (Å²) in [4.78, 5) is 22.3. The second kappa shape index (κ2) is 10.4. The van der Waals surface area contributed by atoms with Crippen molar-refractivity contribution in [3.63, 3.8) is 0 Å². The van der Waals surface area contributed by atoms with E-state index in [2.05, 4.69) is 12.8 Å². The van der Waals surface area contributed by atoms with Gasteiger partial charge >= 0.3 is 11.9 Å². The average Bonchev–Trinajstić information content (AvgIpc) is 2.36. The van der Waals surface area contributed by atoms with E-state index >= 15 is 0 Å². The molecule has 0 heterocycles. The topological polar surface area (TPSA) is 52.6 Å². The largest absolute Gasteiger partial charge is 0.463 e. The molecule has 0 amide bonds. The smallest absolute Gasteiger partial charge is 0.332 e. The summed E-state index contributed by atoms with van der Waals surface area (Å²) in [5, 5.41) is 0. The van der Waals surface area contributed by atoms with Gasteiger partial charge in [0, 0.05) is 12.2 Å². The number of hydrogen-bond acceptors (Lipinski definition) is 4. The fourth-order valence-electron chi connectivity index (χ4n) is 1.13. The van der Waals surface area contributed by atoms with Crippen LogP contribution in [0.25, 0.3) is 0 Å². The highest BCUT2D eigenvalue weighted by atomic mass is 16.5. The summed E-state index contributed by atoms with van der Waals surface area (Å²) in [5.41, 5.74) is 0. The van der Waals surface area contributed by atoms with Gasteiger partial charge in [-0.25, -0.2) is 9.59 Å². The standard InChI is InChI=1S/C14H20O4/c1-4-6-7-8-11-17-13(15)9-10-14(16)18-12(3)5-2/h2,9-10,12H,4,6-8,11H2,1,3H3/b10-9+. The third kappa shape index (κ3) is 9.46. The normalized spacial score (nSPS) is 11.8. The molecule has 1 atom stereocenters. The Balaban J connectivity index is 3.74. The Hall–Kier alpha value is -1.76. The molecule has 0 aliphatic rings. The first-order valence-electron chi connectivity index (χ1n) is 6.11. The summed E-state index contributed by atoms with van der Waals surface area (Å²) < 4.78 is 9.63. The Bertz CT molecular complexity index is 325. The molecule has 0 saturated carbocycles. The number of unbranched alkanes of at least 4 members (excludes halogenated alkanes) is 3. The number of carbonyl (C=O) groups is 2. The molecule has 0 saturated heterocycles. The molecule has 0 aromatic rings. The molecule has 0 fully saturated rings. The van der Waals surface area contributed by atoms with E-state index in [4.69, 9.17) is 15.9 Å². The lowest BCUT2D eigenvalue weighted by Gasteiger charge is -2.03. The third-order valence-electron chi connectivity index (χ3n) is 2.13. The fraction of sp³-hybridized carbons (Fsp3) is 0.571. The molecule has 0 aliphatic carbocycles. The Kier molecular flexibility index (Phi) is 9.38. The Morgan fingerprint density at radius 1 is 1.22 bits per heavy atom. The summed E-state index contributed by atoms with van der Waals surface area (Å²) in [5.74, 6) is 1.05. The van der Waals surface area contributed by atoms with Gasteiger partial charge < -0.3 is 9.47 Å². The minimum Gasteiger partial charge on any atom is -0.463 e. The minimum absolute atomic E-state index is 0.374. The number of esters is 2. The zero-order chi connectivity index (χ0) is 13.8. The van der Waals surface area contributed by atoms with E-state index in [1.807, 2.05) is 0 Å². The Labute approximate surface area is 108 Å². The van der Waals surface area contributed by atoms with E-state index in [9.17, 15) is 9.59 Å². The molecule has 0 spiro atoms. The van der Waals surface area contributed by atoms with Crippen LogP contribution in [0.2, 0.25) is 0 Å². The highest BCUT2D eigenvalue weighted by Gasteiger charge is 2.04. The van der Waals surface area contributed by atoms with Crippen LogP contribution in [0.3, 0.4) is 0 Å². The van der Waals surface area contributed by atoms with E-state index in [-0.39, 0.29) is 0 Å². The SMILES string of the molecule is C#CC(C)OC(=O)/C=C/C(=O)OCCCCCC. The van der Waals surface area contributed by atoms with Gasteiger partial charge in [0.05, 0.1) is 6.61 Å². The predicted octanol–water partition coefficient (Wildman–Crippen LogP) is 2.23. The number of ether oxygens (including phenoxy) is 2. The molecule has 0 bridgehead atoms. The zero-order valence-electron chi connectivity index (χ0n) is 11.0. The third-order valence-corrected chi connectivity index (χ3v) is 2.13. The second-order valence-corrected chi connectivity index (χ2v) is 3.81. The van der Waals surface area contributed by atoms with E-state index < -0.39 is 18.0 Å². The van der Waals surface area contributed by atoms with Crippen molar-refractivity contribution < 1.29 is 19.1 Å². The second-order valence-electron chi connectivity index (χ2n) is 3.81. The van der Waals surface area contributed by atoms with E-state index in [1.54, 1.807) is 6.92 Å². The predicted molar refractivity (Wildman–Crippen MR) is 68.6 cm³/mol. The summed E-state index contributed by atoms with van der Waals surface area (Å²) >= 11 is 0. The van der Waals surface area contributed by atoms with Crippen molar-refractivity contribution in [2.45, 2.75) is 45.6 Å². The molecule has 0 aromatic heterocycles. The van der Waals surface area contributed by atoms with Crippen molar-refractivity contribution in [1.82, 2.24) is 0 Å². The van der Waals surface area contributed by atoms with Crippen LogP contribution in [0, 0.1) is 12.3 Å². The quantitative estimate of drug-likeness (QED) is 0.288. The molecule has 4 heteroatoms. The molecule has 0 aliphatic heterocycles. The Morgan fingerprint density at radius 3 is 2.50 bits per heavy atom. The molecule has 1 unspecified atom stereocenters. The maximum absolute atomic E-state index is 11.2. The van der Waals surface area contributed by atoms with Gasteiger partial charge in [0.25, 0.3) is 0 Å². The monoisotopic (exact) mass is 252 g/mol. The Morgan fingerprint density at radius 2 is 1.89 bits per heavy atom. The van der Waals surface area contributed by atoms with Crippen molar-refractivity contribution in [2.75, 3.05) is 6.61 Å². The number of terminal acetylenes is 1. The fourth-order valence-corrected chi connectivity index (χ4v) is 1.13. The maximum atomic E-state index is 11.2. The van der Waals surface area contributed by atoms with Crippen molar-refractivity contribution in [3.8, 4) is 12.3 Å². The first kappa shape index (κ1) is 16.2. The molecule has 4 nitrogen and oxygen atoms in total. The molecule has 0 rings (SSSR count). The summed E-state index contributed by atoms with van der Waals surface area (Å²) in [6, 6.07) is 0. The lowest BCUT2D eigenvalue weighted by molar-refractivity contribution is -0.141.